The van der Waals surface area contributed by atoms with E-state index in [1.54, 1.807) is 0 Å². The molecule has 0 fully saturated rings. The molecule has 0 bridgehead atoms. The Bertz CT molecular complexity index is 471. The SMILES string of the molecule is Cc1ccc([C@@H](N)[C@@H](N)c2cc[c-]cc2)cc1.[Y].[Y]. The van der Waals surface area contributed by atoms with Crippen LogP contribution in [-0.2, 0) is 65.4 Å². The summed E-state index contributed by atoms with van der Waals surface area (Å²) in [6, 6.07) is 18.4. The molecule has 4 N–H and O–H groups in total. The molecule has 2 rings (SSSR count). The molecule has 2 atom stereocenters. The van der Waals surface area contributed by atoms with Crippen molar-refractivity contribution in [3.63, 3.8) is 0 Å². The van der Waals surface area contributed by atoms with Gasteiger partial charge in [-0.1, -0.05) is 29.8 Å². The Morgan fingerprint density at radius 1 is 0.789 bits per heavy atom. The van der Waals surface area contributed by atoms with Crippen LogP contribution in [0.2, 0.25) is 0 Å². The molecule has 2 radical (unpaired) electrons. The standard InChI is InChI=1S/C15H17N2.2Y/c1-11-7-9-13(10-8-11)15(17)14(16)12-5-3-2-4-6-12;;/h3-10,14-15H,16-17H2,1H3;;/q-1;;/t14-,15+;;/m0../s1. The first-order chi connectivity index (χ1) is 8.18. The van der Waals surface area contributed by atoms with Crippen LogP contribution in [0.15, 0.2) is 48.5 Å². The third-order valence-corrected chi connectivity index (χ3v) is 2.98. The van der Waals surface area contributed by atoms with Crippen molar-refractivity contribution in [2.45, 2.75) is 19.0 Å². The van der Waals surface area contributed by atoms with Gasteiger partial charge in [0.05, 0.1) is 0 Å². The van der Waals surface area contributed by atoms with E-state index in [1.165, 1.54) is 5.56 Å². The van der Waals surface area contributed by atoms with Crippen LogP contribution in [0.5, 0.6) is 0 Å². The van der Waals surface area contributed by atoms with Crippen LogP contribution in [0.3, 0.4) is 0 Å². The minimum absolute atomic E-state index is 0. The number of nitrogens with two attached hydrogens (primary N) is 2. The maximum atomic E-state index is 6.19. The van der Waals surface area contributed by atoms with Gasteiger partial charge in [-0.15, -0.1) is 5.56 Å². The second-order valence-corrected chi connectivity index (χ2v) is 4.30. The van der Waals surface area contributed by atoms with Crippen LogP contribution >= 0.6 is 0 Å². The molecule has 2 aromatic rings. The van der Waals surface area contributed by atoms with Crippen molar-refractivity contribution in [3.05, 3.63) is 71.3 Å². The van der Waals surface area contributed by atoms with Crippen molar-refractivity contribution >= 4 is 0 Å². The van der Waals surface area contributed by atoms with Crippen LogP contribution in [0.1, 0.15) is 28.8 Å². The Labute approximate surface area is 165 Å². The van der Waals surface area contributed by atoms with Crippen molar-refractivity contribution in [2.24, 2.45) is 11.5 Å². The summed E-state index contributed by atoms with van der Waals surface area (Å²) in [7, 11) is 0. The van der Waals surface area contributed by atoms with Gasteiger partial charge in [0.2, 0.25) is 0 Å². The molecule has 0 amide bonds. The molecule has 0 spiro atoms. The normalized spacial score (nSPS) is 12.8. The van der Waals surface area contributed by atoms with Crippen molar-refractivity contribution in [3.8, 4) is 0 Å². The van der Waals surface area contributed by atoms with Crippen molar-refractivity contribution in [1.82, 2.24) is 0 Å². The number of rotatable bonds is 3. The zero-order valence-corrected chi connectivity index (χ0v) is 16.8. The van der Waals surface area contributed by atoms with Crippen LogP contribution in [0.25, 0.3) is 0 Å². The predicted molar refractivity (Wildman–Crippen MR) is 70.3 cm³/mol. The van der Waals surface area contributed by atoms with Gasteiger partial charge in [0.15, 0.2) is 0 Å². The maximum Gasteiger partial charge on any atom is 0.0470 e. The number of hydrogen-bond acceptors (Lipinski definition) is 2. The Hall–Kier alpha value is 0.568. The molecule has 94 valence electrons. The van der Waals surface area contributed by atoms with E-state index < -0.39 is 0 Å². The van der Waals surface area contributed by atoms with Crippen molar-refractivity contribution < 1.29 is 65.4 Å². The Balaban J connectivity index is 0.00000162. The van der Waals surface area contributed by atoms with Gasteiger partial charge in [-0.05, 0) is 12.5 Å². The third-order valence-electron chi connectivity index (χ3n) is 2.98. The summed E-state index contributed by atoms with van der Waals surface area (Å²) in [4.78, 5) is 0. The number of hydrogen-bond donors (Lipinski definition) is 2. The van der Waals surface area contributed by atoms with Gasteiger partial charge in [0, 0.05) is 77.5 Å². The predicted octanol–water partition coefficient (Wildman–Crippen LogP) is 2.49. The van der Waals surface area contributed by atoms with E-state index in [1.807, 2.05) is 36.4 Å². The number of benzene rings is 2. The van der Waals surface area contributed by atoms with E-state index in [0.29, 0.717) is 0 Å². The maximum absolute atomic E-state index is 6.19. The second kappa shape index (κ2) is 9.49. The molecule has 19 heavy (non-hydrogen) atoms. The zero-order chi connectivity index (χ0) is 12.3. The molecule has 0 aromatic heterocycles. The van der Waals surface area contributed by atoms with E-state index in [-0.39, 0.29) is 77.5 Å². The van der Waals surface area contributed by atoms with E-state index in [2.05, 4.69) is 25.1 Å². The van der Waals surface area contributed by atoms with Crippen LogP contribution in [0, 0.1) is 13.0 Å². The Morgan fingerprint density at radius 2 is 1.21 bits per heavy atom. The minimum Gasteiger partial charge on any atom is -0.324 e. The van der Waals surface area contributed by atoms with Crippen LogP contribution in [-0.4, -0.2) is 0 Å². The van der Waals surface area contributed by atoms with Crippen molar-refractivity contribution in [2.75, 3.05) is 0 Å². The fourth-order valence-corrected chi connectivity index (χ4v) is 1.83. The average Bonchev–Trinajstić information content (AvgIpc) is 2.39. The molecule has 0 unspecified atom stereocenters. The van der Waals surface area contributed by atoms with Gasteiger partial charge in [0.25, 0.3) is 0 Å². The molecule has 0 aliphatic carbocycles. The quantitative estimate of drug-likeness (QED) is 0.775. The first-order valence-corrected chi connectivity index (χ1v) is 5.72. The van der Waals surface area contributed by atoms with E-state index >= 15 is 0 Å². The molecule has 4 heteroatoms. The first-order valence-electron chi connectivity index (χ1n) is 5.72. The molecule has 0 saturated heterocycles. The average molecular weight is 403 g/mol. The van der Waals surface area contributed by atoms with E-state index in [0.717, 1.165) is 11.1 Å². The molecular formula is C15H17N2Y2-. The van der Waals surface area contributed by atoms with E-state index in [9.17, 15) is 0 Å². The molecule has 2 nitrogen and oxygen atoms in total. The Morgan fingerprint density at radius 3 is 1.68 bits per heavy atom. The summed E-state index contributed by atoms with van der Waals surface area (Å²) in [6.45, 7) is 2.06. The molecule has 0 saturated carbocycles. The molecule has 0 heterocycles. The summed E-state index contributed by atoms with van der Waals surface area (Å²) in [5, 5.41) is 0. The largest absolute Gasteiger partial charge is 0.324 e. The second-order valence-electron chi connectivity index (χ2n) is 4.30. The van der Waals surface area contributed by atoms with Gasteiger partial charge < -0.3 is 11.5 Å². The van der Waals surface area contributed by atoms with Gasteiger partial charge >= 0.3 is 0 Å². The van der Waals surface area contributed by atoms with Gasteiger partial charge in [0.1, 0.15) is 0 Å². The van der Waals surface area contributed by atoms with Crippen LogP contribution < -0.4 is 11.5 Å². The molecule has 0 aliphatic heterocycles. The zero-order valence-electron chi connectivity index (χ0n) is 11.1. The summed E-state index contributed by atoms with van der Waals surface area (Å²) in [6.07, 6.45) is 0. The van der Waals surface area contributed by atoms with Crippen molar-refractivity contribution in [1.29, 1.82) is 0 Å². The van der Waals surface area contributed by atoms with Gasteiger partial charge in [-0.3, -0.25) is 0 Å². The number of aryl methyl sites for hydroxylation is 1. The summed E-state index contributed by atoms with van der Waals surface area (Å²) >= 11 is 0. The summed E-state index contributed by atoms with van der Waals surface area (Å²) < 4.78 is 0. The summed E-state index contributed by atoms with van der Waals surface area (Å²) in [5.74, 6) is 0. The minimum atomic E-state index is -0.188. The Kier molecular flexibility index (Phi) is 9.78. The third kappa shape index (κ3) is 5.45. The molecule has 2 aromatic carbocycles. The molecule has 0 aliphatic rings. The fourth-order valence-electron chi connectivity index (χ4n) is 1.83. The molecular weight excluding hydrogens is 386 g/mol. The monoisotopic (exact) mass is 403 g/mol. The smallest absolute Gasteiger partial charge is 0.0470 e. The topological polar surface area (TPSA) is 52.0 Å². The fraction of sp³-hybridized carbons (Fsp3) is 0.200. The first kappa shape index (κ1) is 19.6. The van der Waals surface area contributed by atoms with E-state index in [4.69, 9.17) is 11.5 Å². The van der Waals surface area contributed by atoms with Crippen LogP contribution in [0.4, 0.5) is 0 Å². The van der Waals surface area contributed by atoms with Gasteiger partial charge in [-0.2, -0.15) is 30.3 Å². The van der Waals surface area contributed by atoms with Gasteiger partial charge in [-0.25, -0.2) is 0 Å². The summed E-state index contributed by atoms with van der Waals surface area (Å²) in [5.41, 5.74) is 15.7.